The first-order valence-corrected chi connectivity index (χ1v) is 16.3. The zero-order valence-corrected chi connectivity index (χ0v) is 22.8. The largest absolute Gasteiger partial charge is 0.194 e. The minimum atomic E-state index is 1.05. The van der Waals surface area contributed by atoms with Crippen LogP contribution >= 0.6 is 51.5 Å². The van der Waals surface area contributed by atoms with Crippen LogP contribution in [0.3, 0.4) is 0 Å². The van der Waals surface area contributed by atoms with E-state index in [0.717, 1.165) is 22.2 Å². The number of hydrogen-bond donors (Lipinski definition) is 0. The number of halogens is 2. The molecule has 0 atom stereocenters. The third-order valence-electron chi connectivity index (χ3n) is 4.84. The van der Waals surface area contributed by atoms with Crippen LogP contribution in [0, 0.1) is 12.1 Å². The van der Waals surface area contributed by atoms with Crippen molar-refractivity contribution < 1.29 is 10.9 Å². The maximum absolute atomic E-state index is 4.36. The molecule has 0 aliphatic carbocycles. The molecule has 4 aromatic carbocycles. The summed E-state index contributed by atoms with van der Waals surface area (Å²) in [6.45, 7) is 0. The first-order valence-electron chi connectivity index (χ1n) is 9.74. The molecule has 0 spiro atoms. The Hall–Kier alpha value is -1.89. The molecule has 0 aliphatic heterocycles. The summed E-state index contributed by atoms with van der Waals surface area (Å²) >= 11 is 8.97. The molecule has 0 radical (unpaired) electrons. The van der Waals surface area contributed by atoms with Crippen molar-refractivity contribution in [2.24, 2.45) is 0 Å². The van der Waals surface area contributed by atoms with Gasteiger partial charge in [0.25, 0.3) is 0 Å². The second-order valence-electron chi connectivity index (χ2n) is 6.69. The first kappa shape index (κ1) is 24.2. The summed E-state index contributed by atoms with van der Waals surface area (Å²) in [6.07, 6.45) is 0. The van der Waals surface area contributed by atoms with Crippen LogP contribution in [0.4, 0.5) is 0 Å². The normalized spacial score (nSPS) is 10.4. The summed E-state index contributed by atoms with van der Waals surface area (Å²) in [5.41, 5.74) is 4.46. The van der Waals surface area contributed by atoms with Gasteiger partial charge in [0.1, 0.15) is 0 Å². The van der Waals surface area contributed by atoms with Gasteiger partial charge in [-0.15, -0.1) is 71.4 Å². The standard InChI is InChI=1S/2C13H8NS.2BrH.Ni/c2*1-2-6-11-10(4-1)5-3-7-12(11)13-8-9-15-14-13;;;/h2*1-4,6-9H;2*1H;/q2*-1;;;+4/p-2. The average Bonchev–Trinajstić information content (AvgIpc) is 3.59. The van der Waals surface area contributed by atoms with Gasteiger partial charge in [0.15, 0.2) is 0 Å². The van der Waals surface area contributed by atoms with E-state index in [4.69, 9.17) is 0 Å². The SMILES string of the molecule is [Br][Ni+2][Br].[c-]1ccc(-c2ccsn2)c2ccccc12.[c-]1ccc(-c2ccsn2)c2ccccc12. The second-order valence-corrected chi connectivity index (χ2v) is 13.0. The Morgan fingerprint density at radius 1 is 0.606 bits per heavy atom. The molecule has 7 heteroatoms. The van der Waals surface area contributed by atoms with Crippen molar-refractivity contribution in [3.63, 3.8) is 0 Å². The molecule has 0 unspecified atom stereocenters. The maximum Gasteiger partial charge on any atom is 0.0663 e. The van der Waals surface area contributed by atoms with Gasteiger partial charge in [-0.1, -0.05) is 46.2 Å². The molecule has 2 nitrogen and oxygen atoms in total. The molecule has 6 aromatic rings. The fourth-order valence-electron chi connectivity index (χ4n) is 3.45. The molecule has 0 aliphatic rings. The van der Waals surface area contributed by atoms with E-state index in [9.17, 15) is 0 Å². The van der Waals surface area contributed by atoms with E-state index in [0.29, 0.717) is 0 Å². The minimum absolute atomic E-state index is 1.05. The Morgan fingerprint density at radius 2 is 1.03 bits per heavy atom. The Labute approximate surface area is 221 Å². The van der Waals surface area contributed by atoms with Crippen molar-refractivity contribution in [1.29, 1.82) is 0 Å². The van der Waals surface area contributed by atoms with Gasteiger partial charge in [-0.3, -0.25) is 0 Å². The van der Waals surface area contributed by atoms with Gasteiger partial charge >= 0.3 is 39.3 Å². The monoisotopic (exact) mass is 636 g/mol. The second kappa shape index (κ2) is 12.5. The fraction of sp³-hybridized carbons (Fsp3) is 0. The van der Waals surface area contributed by atoms with Crippen molar-refractivity contribution in [2.75, 3.05) is 0 Å². The Kier molecular flexibility index (Phi) is 9.21. The van der Waals surface area contributed by atoms with Gasteiger partial charge in [0, 0.05) is 10.8 Å². The van der Waals surface area contributed by atoms with Crippen molar-refractivity contribution in [1.82, 2.24) is 8.75 Å². The molecular weight excluding hydrogens is 623 g/mol. The molecule has 0 amide bonds. The Morgan fingerprint density at radius 3 is 1.42 bits per heavy atom. The summed E-state index contributed by atoms with van der Waals surface area (Å²) in [7, 11) is 1.25. The molecule has 0 bridgehead atoms. The molecule has 0 fully saturated rings. The van der Waals surface area contributed by atoms with E-state index in [2.05, 4.69) is 85.7 Å². The smallest absolute Gasteiger partial charge is 0.0663 e. The Bertz CT molecular complexity index is 1300. The molecule has 0 N–H and O–H groups in total. The van der Waals surface area contributed by atoms with E-state index in [1.165, 1.54) is 55.9 Å². The van der Waals surface area contributed by atoms with E-state index < -0.39 is 0 Å². The first-order chi connectivity index (χ1) is 16.3. The summed E-state index contributed by atoms with van der Waals surface area (Å²) in [6, 6.07) is 35.1. The molecular formula is C26H16Br2N2NiS2. The van der Waals surface area contributed by atoms with Crippen molar-refractivity contribution in [2.45, 2.75) is 0 Å². The van der Waals surface area contributed by atoms with Crippen molar-refractivity contribution in [3.8, 4) is 22.5 Å². The maximum atomic E-state index is 4.36. The van der Waals surface area contributed by atoms with E-state index >= 15 is 0 Å². The zero-order valence-electron chi connectivity index (χ0n) is 17.0. The predicted octanol–water partition coefficient (Wildman–Crippen LogP) is 9.22. The van der Waals surface area contributed by atoms with Gasteiger partial charge in [-0.25, -0.2) is 0 Å². The van der Waals surface area contributed by atoms with E-state index in [1.54, 1.807) is 0 Å². The molecule has 166 valence electrons. The number of nitrogens with zero attached hydrogens (tertiary/aromatic N) is 2. The molecule has 6 rings (SSSR count). The number of benzene rings is 4. The molecule has 33 heavy (non-hydrogen) atoms. The topological polar surface area (TPSA) is 25.8 Å². The number of fused-ring (bicyclic) bond motifs is 2. The summed E-state index contributed by atoms with van der Waals surface area (Å²) < 4.78 is 8.73. The van der Waals surface area contributed by atoms with Gasteiger partial charge in [-0.05, 0) is 35.2 Å². The number of aromatic nitrogens is 2. The van der Waals surface area contributed by atoms with Crippen LogP contribution in [0.25, 0.3) is 44.1 Å². The average molecular weight is 639 g/mol. The Balaban J connectivity index is 0.000000141. The molecule has 0 saturated heterocycles. The van der Waals surface area contributed by atoms with Crippen molar-refractivity contribution in [3.05, 3.63) is 108 Å². The quantitative estimate of drug-likeness (QED) is 0.140. The number of hydrogen-bond acceptors (Lipinski definition) is 4. The van der Waals surface area contributed by atoms with Gasteiger partial charge in [-0.2, -0.15) is 8.75 Å². The van der Waals surface area contributed by atoms with Crippen LogP contribution in [0.2, 0.25) is 0 Å². The molecule has 0 saturated carbocycles. The van der Waals surface area contributed by atoms with E-state index in [-0.39, 0.29) is 0 Å². The van der Waals surface area contributed by atoms with Crippen LogP contribution in [-0.4, -0.2) is 8.75 Å². The minimum Gasteiger partial charge on any atom is -0.194 e. The molecule has 2 heterocycles. The van der Waals surface area contributed by atoms with Crippen LogP contribution in [0.15, 0.2) is 95.7 Å². The van der Waals surface area contributed by atoms with Crippen LogP contribution in [0.1, 0.15) is 0 Å². The van der Waals surface area contributed by atoms with Gasteiger partial charge in [0.2, 0.25) is 0 Å². The van der Waals surface area contributed by atoms with Gasteiger partial charge < -0.3 is 0 Å². The van der Waals surface area contributed by atoms with Crippen LogP contribution < -0.4 is 0 Å². The fourth-order valence-corrected chi connectivity index (χ4v) is 4.49. The summed E-state index contributed by atoms with van der Waals surface area (Å²) in [5.74, 6) is 0. The predicted molar refractivity (Wildman–Crippen MR) is 146 cm³/mol. The van der Waals surface area contributed by atoms with Crippen LogP contribution in [0.5, 0.6) is 0 Å². The van der Waals surface area contributed by atoms with Gasteiger partial charge in [0.05, 0.1) is 11.4 Å². The van der Waals surface area contributed by atoms with Crippen LogP contribution in [-0.2, 0) is 10.9 Å². The van der Waals surface area contributed by atoms with E-state index in [1.807, 2.05) is 59.3 Å². The zero-order chi connectivity index (χ0) is 22.9. The number of rotatable bonds is 2. The summed E-state index contributed by atoms with van der Waals surface area (Å²) in [5, 5.41) is 8.71. The summed E-state index contributed by atoms with van der Waals surface area (Å²) in [4.78, 5) is 0. The van der Waals surface area contributed by atoms with Crippen molar-refractivity contribution >= 4 is 73.1 Å². The third-order valence-corrected chi connectivity index (χ3v) is 5.96. The third kappa shape index (κ3) is 6.17. The molecule has 2 aromatic heterocycles.